The van der Waals surface area contributed by atoms with Crippen LogP contribution in [-0.4, -0.2) is 16.1 Å². The van der Waals surface area contributed by atoms with E-state index in [4.69, 9.17) is 5.11 Å². The molecule has 2 heterocycles. The molecule has 0 aliphatic carbocycles. The van der Waals surface area contributed by atoms with E-state index < -0.39 is 5.97 Å². The molecule has 2 rings (SSSR count). The lowest BCUT2D eigenvalue weighted by atomic mass is 10.2. The van der Waals surface area contributed by atoms with Gasteiger partial charge >= 0.3 is 5.97 Å². The van der Waals surface area contributed by atoms with Crippen LogP contribution in [0.1, 0.15) is 11.3 Å². The van der Waals surface area contributed by atoms with Crippen molar-refractivity contribution in [2.24, 2.45) is 0 Å². The fourth-order valence-electron chi connectivity index (χ4n) is 1.26. The van der Waals surface area contributed by atoms with Gasteiger partial charge in [-0.2, -0.15) is 0 Å². The van der Waals surface area contributed by atoms with Gasteiger partial charge in [-0.3, -0.25) is 4.79 Å². The van der Waals surface area contributed by atoms with E-state index in [1.54, 1.807) is 11.3 Å². The van der Waals surface area contributed by atoms with Crippen molar-refractivity contribution >= 4 is 27.5 Å². The molecule has 0 bridgehead atoms. The molecule has 0 atom stereocenters. The molecule has 0 fully saturated rings. The first-order valence-corrected chi connectivity index (χ1v) is 4.85. The van der Waals surface area contributed by atoms with E-state index in [0.717, 1.165) is 9.71 Å². The summed E-state index contributed by atoms with van der Waals surface area (Å²) in [6.45, 7) is 0. The lowest BCUT2D eigenvalue weighted by molar-refractivity contribution is -0.136. The summed E-state index contributed by atoms with van der Waals surface area (Å²) < 4.78 is 0. The SMILES string of the molecule is O=C(O)CCc1cc2cc[nH]c2s1. The molecule has 0 saturated carbocycles. The Hall–Kier alpha value is -1.29. The molecule has 0 aromatic carbocycles. The molecule has 0 aliphatic rings. The van der Waals surface area contributed by atoms with Crippen molar-refractivity contribution in [1.29, 1.82) is 0 Å². The van der Waals surface area contributed by atoms with Gasteiger partial charge < -0.3 is 10.1 Å². The van der Waals surface area contributed by atoms with Crippen molar-refractivity contribution in [1.82, 2.24) is 4.98 Å². The molecule has 2 aromatic heterocycles. The number of carbonyl (C=O) groups is 1. The third kappa shape index (κ3) is 1.72. The number of aromatic nitrogens is 1. The molecule has 0 amide bonds. The number of aromatic amines is 1. The number of fused-ring (bicyclic) bond motifs is 1. The Kier molecular flexibility index (Phi) is 2.06. The molecule has 4 heteroatoms. The van der Waals surface area contributed by atoms with E-state index >= 15 is 0 Å². The molecule has 0 aliphatic heterocycles. The summed E-state index contributed by atoms with van der Waals surface area (Å²) in [5.41, 5.74) is 0. The van der Waals surface area contributed by atoms with Gasteiger partial charge in [0, 0.05) is 16.5 Å². The first-order chi connectivity index (χ1) is 6.25. The Balaban J connectivity index is 2.15. The molecule has 2 N–H and O–H groups in total. The zero-order valence-electron chi connectivity index (χ0n) is 6.91. The second kappa shape index (κ2) is 3.22. The first-order valence-electron chi connectivity index (χ1n) is 4.03. The van der Waals surface area contributed by atoms with Gasteiger partial charge in [0.25, 0.3) is 0 Å². The van der Waals surface area contributed by atoms with E-state index in [9.17, 15) is 4.79 Å². The minimum atomic E-state index is -0.739. The number of H-pyrrole nitrogens is 1. The van der Waals surface area contributed by atoms with Gasteiger partial charge in [0.2, 0.25) is 0 Å². The van der Waals surface area contributed by atoms with Crippen molar-refractivity contribution in [3.8, 4) is 0 Å². The molecule has 0 radical (unpaired) electrons. The van der Waals surface area contributed by atoms with Crippen molar-refractivity contribution in [3.05, 3.63) is 23.2 Å². The Morgan fingerprint density at radius 1 is 1.62 bits per heavy atom. The third-order valence-corrected chi connectivity index (χ3v) is 3.02. The predicted molar refractivity (Wildman–Crippen MR) is 52.1 cm³/mol. The van der Waals surface area contributed by atoms with Crippen LogP contribution < -0.4 is 0 Å². The van der Waals surface area contributed by atoms with Crippen LogP contribution in [-0.2, 0) is 11.2 Å². The van der Waals surface area contributed by atoms with E-state index in [1.165, 1.54) is 5.39 Å². The van der Waals surface area contributed by atoms with E-state index in [-0.39, 0.29) is 6.42 Å². The first kappa shape index (κ1) is 8.31. The quantitative estimate of drug-likeness (QED) is 0.789. The predicted octanol–water partition coefficient (Wildman–Crippen LogP) is 2.25. The molecular formula is C9H9NO2S. The molecule has 0 spiro atoms. The van der Waals surface area contributed by atoms with Gasteiger partial charge in [0.1, 0.15) is 0 Å². The summed E-state index contributed by atoms with van der Waals surface area (Å²) in [5, 5.41) is 9.67. The van der Waals surface area contributed by atoms with E-state index in [0.29, 0.717) is 6.42 Å². The van der Waals surface area contributed by atoms with Gasteiger partial charge in [-0.05, 0) is 18.6 Å². The number of hydrogen-bond donors (Lipinski definition) is 2. The summed E-state index contributed by atoms with van der Waals surface area (Å²) >= 11 is 1.63. The lowest BCUT2D eigenvalue weighted by Crippen LogP contribution is -1.95. The number of rotatable bonds is 3. The highest BCUT2D eigenvalue weighted by Gasteiger charge is 2.04. The zero-order chi connectivity index (χ0) is 9.26. The smallest absolute Gasteiger partial charge is 0.303 e. The van der Waals surface area contributed by atoms with Gasteiger partial charge in [-0.1, -0.05) is 0 Å². The van der Waals surface area contributed by atoms with Gasteiger partial charge in [-0.25, -0.2) is 0 Å². The third-order valence-electron chi connectivity index (χ3n) is 1.87. The number of nitrogens with one attached hydrogen (secondary N) is 1. The summed E-state index contributed by atoms with van der Waals surface area (Å²) in [7, 11) is 0. The Morgan fingerprint density at radius 3 is 3.15 bits per heavy atom. The number of carboxylic acid groups (broad SMARTS) is 1. The molecule has 68 valence electrons. The summed E-state index contributed by atoms with van der Waals surface area (Å²) in [6, 6.07) is 4.04. The van der Waals surface area contributed by atoms with Crippen LogP contribution in [0.4, 0.5) is 0 Å². The van der Waals surface area contributed by atoms with Gasteiger partial charge in [0.15, 0.2) is 0 Å². The lowest BCUT2D eigenvalue weighted by Gasteiger charge is -1.90. The largest absolute Gasteiger partial charge is 0.481 e. The maximum Gasteiger partial charge on any atom is 0.303 e. The van der Waals surface area contributed by atoms with Crippen molar-refractivity contribution < 1.29 is 9.90 Å². The number of hydrogen-bond acceptors (Lipinski definition) is 2. The topological polar surface area (TPSA) is 53.1 Å². The van der Waals surface area contributed by atoms with Crippen molar-refractivity contribution in [2.45, 2.75) is 12.8 Å². The molecule has 3 nitrogen and oxygen atoms in total. The van der Waals surface area contributed by atoms with Crippen molar-refractivity contribution in [3.63, 3.8) is 0 Å². The molecular weight excluding hydrogens is 186 g/mol. The normalized spacial score (nSPS) is 10.8. The van der Waals surface area contributed by atoms with Crippen molar-refractivity contribution in [2.75, 3.05) is 0 Å². The highest BCUT2D eigenvalue weighted by molar-refractivity contribution is 7.18. The second-order valence-corrected chi connectivity index (χ2v) is 4.01. The zero-order valence-corrected chi connectivity index (χ0v) is 7.73. The summed E-state index contributed by atoms with van der Waals surface area (Å²) in [6.07, 6.45) is 2.73. The molecule has 2 aromatic rings. The number of aliphatic carboxylic acids is 1. The maximum absolute atomic E-state index is 10.3. The van der Waals surface area contributed by atoms with Crippen LogP contribution >= 0.6 is 11.3 Å². The fraction of sp³-hybridized carbons (Fsp3) is 0.222. The van der Waals surface area contributed by atoms with Crippen LogP contribution in [0.25, 0.3) is 10.2 Å². The highest BCUT2D eigenvalue weighted by atomic mass is 32.1. The Morgan fingerprint density at radius 2 is 2.46 bits per heavy atom. The Labute approximate surface area is 79.0 Å². The highest BCUT2D eigenvalue weighted by Crippen LogP contribution is 2.24. The summed E-state index contributed by atoms with van der Waals surface area (Å²) in [4.78, 5) is 15.7. The standard InChI is InChI=1S/C9H9NO2S/c11-8(12)2-1-7-5-6-3-4-10-9(6)13-7/h3-5,10H,1-2H2,(H,11,12). The van der Waals surface area contributed by atoms with Crippen LogP contribution in [0, 0.1) is 0 Å². The van der Waals surface area contributed by atoms with Gasteiger partial charge in [0.05, 0.1) is 11.3 Å². The maximum atomic E-state index is 10.3. The van der Waals surface area contributed by atoms with Crippen LogP contribution in [0.3, 0.4) is 0 Å². The monoisotopic (exact) mass is 195 g/mol. The minimum absolute atomic E-state index is 0.211. The van der Waals surface area contributed by atoms with E-state index in [1.807, 2.05) is 18.3 Å². The molecule has 0 saturated heterocycles. The molecule has 13 heavy (non-hydrogen) atoms. The summed E-state index contributed by atoms with van der Waals surface area (Å²) in [5.74, 6) is -0.739. The fourth-order valence-corrected chi connectivity index (χ4v) is 2.28. The average molecular weight is 195 g/mol. The van der Waals surface area contributed by atoms with Crippen LogP contribution in [0.15, 0.2) is 18.3 Å². The number of carboxylic acids is 1. The van der Waals surface area contributed by atoms with E-state index in [2.05, 4.69) is 4.98 Å². The van der Waals surface area contributed by atoms with Crippen LogP contribution in [0.5, 0.6) is 0 Å². The second-order valence-electron chi connectivity index (χ2n) is 2.87. The Bertz CT molecular complexity index is 401. The molecule has 0 unspecified atom stereocenters. The van der Waals surface area contributed by atoms with Crippen LogP contribution in [0.2, 0.25) is 0 Å². The van der Waals surface area contributed by atoms with Gasteiger partial charge in [-0.15, -0.1) is 11.3 Å². The number of thiophene rings is 1. The number of aryl methyl sites for hydroxylation is 1. The average Bonchev–Trinajstić information content (AvgIpc) is 2.58. The minimum Gasteiger partial charge on any atom is -0.481 e.